The number of aromatic nitrogens is 5. The molecular formula is C34H42N8O2. The molecule has 1 atom stereocenters. The maximum Gasteiger partial charge on any atom is 0.260 e. The zero-order chi connectivity index (χ0) is 30.0. The van der Waals surface area contributed by atoms with Gasteiger partial charge >= 0.3 is 0 Å². The molecular weight excluding hydrogens is 552 g/mol. The van der Waals surface area contributed by atoms with Gasteiger partial charge in [-0.05, 0) is 94.3 Å². The van der Waals surface area contributed by atoms with Crippen molar-refractivity contribution < 1.29 is 4.74 Å². The summed E-state index contributed by atoms with van der Waals surface area (Å²) in [6.07, 6.45) is 13.0. The Balaban J connectivity index is 1.22. The third-order valence-corrected chi connectivity index (χ3v) is 9.63. The van der Waals surface area contributed by atoms with E-state index in [2.05, 4.69) is 63.3 Å². The number of likely N-dealkylation sites (N-methyl/N-ethyl adjacent to an activating group) is 1. The van der Waals surface area contributed by atoms with E-state index >= 15 is 0 Å². The number of hydrogen-bond donors (Lipinski definition) is 2. The molecule has 2 aliphatic heterocycles. The summed E-state index contributed by atoms with van der Waals surface area (Å²) in [4.78, 5) is 30.9. The van der Waals surface area contributed by atoms with Crippen molar-refractivity contribution in [2.24, 2.45) is 0 Å². The average Bonchev–Trinajstić information content (AvgIpc) is 3.72. The van der Waals surface area contributed by atoms with Gasteiger partial charge in [-0.15, -0.1) is 0 Å². The van der Waals surface area contributed by atoms with Crippen molar-refractivity contribution in [1.82, 2.24) is 29.4 Å². The highest BCUT2D eigenvalue weighted by Crippen LogP contribution is 2.33. The van der Waals surface area contributed by atoms with Crippen LogP contribution in [0.1, 0.15) is 69.3 Å². The first-order chi connectivity index (χ1) is 21.5. The van der Waals surface area contributed by atoms with E-state index in [1.165, 1.54) is 24.1 Å². The van der Waals surface area contributed by atoms with Gasteiger partial charge in [-0.3, -0.25) is 9.36 Å². The standard InChI is InChI=1S/C34H42N8O2/c1-23-5-3-7-29(23)30-19-24-20-37-34(38-25-8-10-26(11-9-25)40(2)28-6-4-14-35-21-28)39-32(24)42(33(30)43)22-31-36-15-16-41(31)27-12-17-44-18-13-27/h8-11,15-16,19-20,27-28,35H,3-7,12-14,17-18,21-22H2,1-2H3,(H,37,38,39). The van der Waals surface area contributed by atoms with Gasteiger partial charge in [0.15, 0.2) is 0 Å². The Morgan fingerprint density at radius 3 is 2.68 bits per heavy atom. The van der Waals surface area contributed by atoms with Gasteiger partial charge in [0, 0.05) is 79.8 Å². The van der Waals surface area contributed by atoms with Gasteiger partial charge in [0.25, 0.3) is 5.56 Å². The Bertz CT molecular complexity index is 1710. The highest BCUT2D eigenvalue weighted by Gasteiger charge is 2.23. The number of anilines is 3. The van der Waals surface area contributed by atoms with Crippen LogP contribution >= 0.6 is 0 Å². The van der Waals surface area contributed by atoms with Gasteiger partial charge < -0.3 is 24.8 Å². The summed E-state index contributed by atoms with van der Waals surface area (Å²) in [6.45, 7) is 6.08. The predicted molar refractivity (Wildman–Crippen MR) is 175 cm³/mol. The van der Waals surface area contributed by atoms with E-state index in [1.807, 2.05) is 24.7 Å². The van der Waals surface area contributed by atoms with E-state index in [4.69, 9.17) is 14.7 Å². The second-order valence-corrected chi connectivity index (χ2v) is 12.4. The number of imidazole rings is 1. The Kier molecular flexibility index (Phi) is 8.18. The fourth-order valence-electron chi connectivity index (χ4n) is 7.03. The molecule has 44 heavy (non-hydrogen) atoms. The van der Waals surface area contributed by atoms with Crippen LogP contribution in [0.15, 0.2) is 59.3 Å². The first kappa shape index (κ1) is 28.7. The molecule has 3 aromatic heterocycles. The molecule has 1 unspecified atom stereocenters. The van der Waals surface area contributed by atoms with Crippen molar-refractivity contribution in [3.05, 3.63) is 76.2 Å². The van der Waals surface area contributed by atoms with Crippen LogP contribution in [-0.2, 0) is 11.3 Å². The van der Waals surface area contributed by atoms with Crippen molar-refractivity contribution in [2.45, 2.75) is 70.5 Å². The lowest BCUT2D eigenvalue weighted by atomic mass is 10.0. The predicted octanol–water partition coefficient (Wildman–Crippen LogP) is 5.28. The van der Waals surface area contributed by atoms with Crippen molar-refractivity contribution >= 4 is 33.9 Å². The summed E-state index contributed by atoms with van der Waals surface area (Å²) < 4.78 is 9.61. The zero-order valence-electron chi connectivity index (χ0n) is 25.8. The lowest BCUT2D eigenvalue weighted by Crippen LogP contribution is -2.44. The number of nitrogens with one attached hydrogen (secondary N) is 2. The van der Waals surface area contributed by atoms with Crippen LogP contribution in [0.5, 0.6) is 0 Å². The second kappa shape index (κ2) is 12.5. The number of fused-ring (bicyclic) bond motifs is 1. The maximum atomic E-state index is 14.2. The van der Waals surface area contributed by atoms with Gasteiger partial charge in [-0.2, -0.15) is 4.98 Å². The summed E-state index contributed by atoms with van der Waals surface area (Å²) in [5, 5.41) is 7.72. The molecule has 0 saturated carbocycles. The second-order valence-electron chi connectivity index (χ2n) is 12.4. The molecule has 0 bridgehead atoms. The SMILES string of the molecule is CC1=C(c2cc3cnc(Nc4ccc(N(C)C5CCCNC5)cc4)nc3n(Cc3nccn3C3CCOCC3)c2=O)CCC1. The highest BCUT2D eigenvalue weighted by molar-refractivity contribution is 5.82. The number of benzene rings is 1. The van der Waals surface area contributed by atoms with E-state index in [0.29, 0.717) is 30.2 Å². The number of piperidine rings is 1. The Morgan fingerprint density at radius 2 is 1.93 bits per heavy atom. The molecule has 1 aliphatic carbocycles. The van der Waals surface area contributed by atoms with Crippen LogP contribution in [0.4, 0.5) is 17.3 Å². The lowest BCUT2D eigenvalue weighted by Gasteiger charge is -2.33. The average molecular weight is 595 g/mol. The monoisotopic (exact) mass is 594 g/mol. The minimum Gasteiger partial charge on any atom is -0.381 e. The molecule has 2 fully saturated rings. The first-order valence-corrected chi connectivity index (χ1v) is 16.0. The third kappa shape index (κ3) is 5.76. The maximum absolute atomic E-state index is 14.2. The number of rotatable bonds is 8. The van der Waals surface area contributed by atoms with E-state index in [9.17, 15) is 4.79 Å². The van der Waals surface area contributed by atoms with E-state index in [0.717, 1.165) is 86.4 Å². The first-order valence-electron chi connectivity index (χ1n) is 16.0. The van der Waals surface area contributed by atoms with Crippen LogP contribution in [0.3, 0.4) is 0 Å². The zero-order valence-corrected chi connectivity index (χ0v) is 25.8. The number of pyridine rings is 1. The molecule has 0 radical (unpaired) electrons. The van der Waals surface area contributed by atoms with Crippen molar-refractivity contribution in [2.75, 3.05) is 43.6 Å². The van der Waals surface area contributed by atoms with Crippen LogP contribution < -0.4 is 21.1 Å². The summed E-state index contributed by atoms with van der Waals surface area (Å²) in [5.41, 5.74) is 5.88. The van der Waals surface area contributed by atoms with Crippen LogP contribution in [0.2, 0.25) is 0 Å². The fraction of sp³-hybridized carbons (Fsp3) is 0.471. The Morgan fingerprint density at radius 1 is 1.09 bits per heavy atom. The number of nitrogens with zero attached hydrogens (tertiary/aromatic N) is 6. The van der Waals surface area contributed by atoms with E-state index in [1.54, 1.807) is 4.57 Å². The third-order valence-electron chi connectivity index (χ3n) is 9.63. The topological polar surface area (TPSA) is 102 Å². The molecule has 10 nitrogen and oxygen atoms in total. The number of ether oxygens (including phenoxy) is 1. The quantitative estimate of drug-likeness (QED) is 0.284. The lowest BCUT2D eigenvalue weighted by molar-refractivity contribution is 0.0687. The Hall–Kier alpha value is -4.02. The van der Waals surface area contributed by atoms with Gasteiger partial charge in [0.1, 0.15) is 11.5 Å². The minimum absolute atomic E-state index is 0.0236. The summed E-state index contributed by atoms with van der Waals surface area (Å²) in [7, 11) is 2.16. The Labute approximate surface area is 258 Å². The van der Waals surface area contributed by atoms with Crippen molar-refractivity contribution in [1.29, 1.82) is 0 Å². The molecule has 3 aliphatic rings. The van der Waals surface area contributed by atoms with Crippen molar-refractivity contribution in [3.8, 4) is 0 Å². The van der Waals surface area contributed by atoms with Gasteiger partial charge in [-0.1, -0.05) is 5.57 Å². The van der Waals surface area contributed by atoms with E-state index < -0.39 is 0 Å². The summed E-state index contributed by atoms with van der Waals surface area (Å²) in [6, 6.07) is 11.2. The highest BCUT2D eigenvalue weighted by atomic mass is 16.5. The van der Waals surface area contributed by atoms with Gasteiger partial charge in [0.2, 0.25) is 5.95 Å². The number of allylic oxidation sites excluding steroid dienone is 2. The smallest absolute Gasteiger partial charge is 0.260 e. The van der Waals surface area contributed by atoms with Gasteiger partial charge in [0.05, 0.1) is 6.54 Å². The van der Waals surface area contributed by atoms with Crippen LogP contribution in [0.25, 0.3) is 16.6 Å². The summed E-state index contributed by atoms with van der Waals surface area (Å²) >= 11 is 0. The van der Waals surface area contributed by atoms with Crippen LogP contribution in [0, 0.1) is 0 Å². The molecule has 230 valence electrons. The van der Waals surface area contributed by atoms with Crippen LogP contribution in [-0.4, -0.2) is 63.5 Å². The molecule has 2 N–H and O–H groups in total. The normalized spacial score (nSPS) is 19.5. The molecule has 7 rings (SSSR count). The van der Waals surface area contributed by atoms with Crippen molar-refractivity contribution in [3.63, 3.8) is 0 Å². The number of hydrogen-bond acceptors (Lipinski definition) is 8. The van der Waals surface area contributed by atoms with Gasteiger partial charge in [-0.25, -0.2) is 9.97 Å². The molecule has 0 spiro atoms. The molecule has 4 aromatic rings. The summed E-state index contributed by atoms with van der Waals surface area (Å²) in [5.74, 6) is 1.32. The molecule has 2 saturated heterocycles. The molecule has 1 aromatic carbocycles. The largest absolute Gasteiger partial charge is 0.381 e. The molecule has 5 heterocycles. The minimum atomic E-state index is -0.0236. The fourth-order valence-corrected chi connectivity index (χ4v) is 7.03. The molecule has 10 heteroatoms. The van der Waals surface area contributed by atoms with E-state index in [-0.39, 0.29) is 5.56 Å². The molecule has 0 amide bonds.